The largest absolute Gasteiger partial charge is 0.462 e. The zero-order chi connectivity index (χ0) is 19.1. The number of amides is 1. The summed E-state index contributed by atoms with van der Waals surface area (Å²) in [5.74, 6) is -0.294. The van der Waals surface area contributed by atoms with Crippen LogP contribution in [0.15, 0.2) is 17.6 Å². The molecule has 0 saturated heterocycles. The van der Waals surface area contributed by atoms with Crippen LogP contribution in [0.25, 0.3) is 11.0 Å². The first-order valence-corrected chi connectivity index (χ1v) is 9.76. The molecule has 27 heavy (non-hydrogen) atoms. The SMILES string of the molecule is CCOC(=O)c1c(C2CC2)csc1NC(=O)c1cnc2c(c1)c(C)nn2C. The Morgan fingerprint density at radius 2 is 2.19 bits per heavy atom. The number of carbonyl (C=O) groups excluding carboxylic acids is 2. The molecule has 1 fully saturated rings. The van der Waals surface area contributed by atoms with Crippen LogP contribution in [0.2, 0.25) is 0 Å². The van der Waals surface area contributed by atoms with E-state index in [0.717, 1.165) is 35.1 Å². The zero-order valence-corrected chi connectivity index (χ0v) is 16.2. The van der Waals surface area contributed by atoms with Crippen molar-refractivity contribution < 1.29 is 14.3 Å². The van der Waals surface area contributed by atoms with Crippen LogP contribution in [0.3, 0.4) is 0 Å². The number of nitrogens with one attached hydrogen (secondary N) is 1. The number of aryl methyl sites for hydroxylation is 2. The quantitative estimate of drug-likeness (QED) is 0.679. The lowest BCUT2D eigenvalue weighted by Gasteiger charge is -2.08. The van der Waals surface area contributed by atoms with Gasteiger partial charge in [-0.15, -0.1) is 11.3 Å². The molecular formula is C19H20N4O3S. The van der Waals surface area contributed by atoms with Crippen molar-refractivity contribution in [3.05, 3.63) is 40.0 Å². The normalized spacial score (nSPS) is 13.7. The molecule has 1 N–H and O–H groups in total. The summed E-state index contributed by atoms with van der Waals surface area (Å²) in [4.78, 5) is 29.6. The molecule has 0 atom stereocenters. The average molecular weight is 384 g/mol. The van der Waals surface area contributed by atoms with Crippen LogP contribution in [0.4, 0.5) is 5.00 Å². The number of nitrogens with zero attached hydrogens (tertiary/aromatic N) is 3. The van der Waals surface area contributed by atoms with Gasteiger partial charge in [0.1, 0.15) is 5.00 Å². The fourth-order valence-corrected chi connectivity index (χ4v) is 4.20. The number of aromatic nitrogens is 3. The number of fused-ring (bicyclic) bond motifs is 1. The van der Waals surface area contributed by atoms with Crippen molar-refractivity contribution in [2.24, 2.45) is 7.05 Å². The Morgan fingerprint density at radius 1 is 1.41 bits per heavy atom. The highest BCUT2D eigenvalue weighted by molar-refractivity contribution is 7.15. The smallest absolute Gasteiger partial charge is 0.341 e. The highest BCUT2D eigenvalue weighted by Gasteiger charge is 2.32. The van der Waals surface area contributed by atoms with Gasteiger partial charge < -0.3 is 10.1 Å². The molecule has 0 aliphatic heterocycles. The molecule has 1 aliphatic carbocycles. The Hall–Kier alpha value is -2.74. The first-order chi connectivity index (χ1) is 13.0. The van der Waals surface area contributed by atoms with Gasteiger partial charge in [0, 0.05) is 18.6 Å². The third-order valence-electron chi connectivity index (χ3n) is 4.67. The second-order valence-corrected chi connectivity index (χ2v) is 7.53. The standard InChI is InChI=1S/C19H20N4O3S/c1-4-26-19(25)15-14(11-5-6-11)9-27-18(15)21-17(24)12-7-13-10(2)22-23(3)16(13)20-8-12/h7-9,11H,4-6H2,1-3H3,(H,21,24). The number of thiophene rings is 1. The van der Waals surface area contributed by atoms with Crippen LogP contribution in [0.5, 0.6) is 0 Å². The summed E-state index contributed by atoms with van der Waals surface area (Å²) in [6.45, 7) is 3.95. The van der Waals surface area contributed by atoms with Gasteiger partial charge in [-0.05, 0) is 49.6 Å². The van der Waals surface area contributed by atoms with Crippen LogP contribution in [-0.4, -0.2) is 33.2 Å². The van der Waals surface area contributed by atoms with Gasteiger partial charge in [-0.25, -0.2) is 9.78 Å². The van der Waals surface area contributed by atoms with Crippen molar-refractivity contribution >= 4 is 39.2 Å². The minimum absolute atomic E-state index is 0.299. The first-order valence-electron chi connectivity index (χ1n) is 8.88. The predicted molar refractivity (Wildman–Crippen MR) is 103 cm³/mol. The maximum absolute atomic E-state index is 12.8. The molecule has 0 unspecified atom stereocenters. The van der Waals surface area contributed by atoms with Crippen molar-refractivity contribution in [3.8, 4) is 0 Å². The Kier molecular flexibility index (Phi) is 4.43. The van der Waals surface area contributed by atoms with Gasteiger partial charge in [0.15, 0.2) is 5.65 Å². The van der Waals surface area contributed by atoms with E-state index in [4.69, 9.17) is 4.74 Å². The van der Waals surface area contributed by atoms with Gasteiger partial charge in [-0.2, -0.15) is 5.10 Å². The van der Waals surface area contributed by atoms with Crippen LogP contribution < -0.4 is 5.32 Å². The number of pyridine rings is 1. The van der Waals surface area contributed by atoms with Crippen molar-refractivity contribution in [2.75, 3.05) is 11.9 Å². The maximum atomic E-state index is 12.8. The molecule has 1 aliphatic rings. The first kappa shape index (κ1) is 17.7. The lowest BCUT2D eigenvalue weighted by Crippen LogP contribution is -2.15. The van der Waals surface area contributed by atoms with E-state index in [2.05, 4.69) is 15.4 Å². The summed E-state index contributed by atoms with van der Waals surface area (Å²) in [6.07, 6.45) is 3.66. The van der Waals surface area contributed by atoms with Crippen molar-refractivity contribution in [1.82, 2.24) is 14.8 Å². The third-order valence-corrected chi connectivity index (χ3v) is 5.58. The number of hydrogen-bond acceptors (Lipinski definition) is 6. The molecule has 3 aromatic heterocycles. The number of rotatable bonds is 5. The van der Waals surface area contributed by atoms with Crippen LogP contribution in [-0.2, 0) is 11.8 Å². The second-order valence-electron chi connectivity index (χ2n) is 6.65. The lowest BCUT2D eigenvalue weighted by atomic mass is 10.1. The van der Waals surface area contributed by atoms with E-state index in [1.54, 1.807) is 17.7 Å². The Bertz CT molecular complexity index is 1050. The van der Waals surface area contributed by atoms with Gasteiger partial charge in [0.05, 0.1) is 23.4 Å². The molecule has 1 saturated carbocycles. The van der Waals surface area contributed by atoms with Crippen molar-refractivity contribution in [3.63, 3.8) is 0 Å². The molecule has 140 valence electrons. The summed E-state index contributed by atoms with van der Waals surface area (Å²) in [5, 5.41) is 10.5. The molecule has 0 bridgehead atoms. The molecule has 0 aromatic carbocycles. The van der Waals surface area contributed by atoms with Gasteiger partial charge in [-0.3, -0.25) is 9.48 Å². The fourth-order valence-electron chi connectivity index (χ4n) is 3.18. The van der Waals surface area contributed by atoms with E-state index in [-0.39, 0.29) is 11.9 Å². The summed E-state index contributed by atoms with van der Waals surface area (Å²) < 4.78 is 6.89. The summed E-state index contributed by atoms with van der Waals surface area (Å²) >= 11 is 1.36. The van der Waals surface area contributed by atoms with E-state index in [9.17, 15) is 9.59 Å². The van der Waals surface area contributed by atoms with Crippen LogP contribution in [0, 0.1) is 6.92 Å². The van der Waals surface area contributed by atoms with Gasteiger partial charge in [0.2, 0.25) is 0 Å². The molecule has 1 amide bonds. The number of carbonyl (C=O) groups is 2. The molecule has 0 radical (unpaired) electrons. The highest BCUT2D eigenvalue weighted by Crippen LogP contribution is 2.46. The number of hydrogen-bond donors (Lipinski definition) is 1. The minimum atomic E-state index is -0.382. The molecule has 3 heterocycles. The molecule has 8 heteroatoms. The average Bonchev–Trinajstić information content (AvgIpc) is 3.35. The molecule has 4 rings (SSSR count). The monoisotopic (exact) mass is 384 g/mol. The predicted octanol–water partition coefficient (Wildman–Crippen LogP) is 3.64. The van der Waals surface area contributed by atoms with Gasteiger partial charge in [0.25, 0.3) is 5.91 Å². The van der Waals surface area contributed by atoms with Crippen LogP contribution in [0.1, 0.15) is 57.7 Å². The van der Waals surface area contributed by atoms with E-state index >= 15 is 0 Å². The Morgan fingerprint density at radius 3 is 2.89 bits per heavy atom. The van der Waals surface area contributed by atoms with Gasteiger partial charge >= 0.3 is 5.97 Å². The third kappa shape index (κ3) is 3.21. The summed E-state index contributed by atoms with van der Waals surface area (Å²) in [5.41, 5.74) is 3.43. The second kappa shape index (κ2) is 6.77. The number of ether oxygens (including phenoxy) is 1. The van der Waals surface area contributed by atoms with Crippen molar-refractivity contribution in [1.29, 1.82) is 0 Å². The molecule has 7 nitrogen and oxygen atoms in total. The minimum Gasteiger partial charge on any atom is -0.462 e. The summed E-state index contributed by atoms with van der Waals surface area (Å²) in [7, 11) is 1.82. The Labute approximate surface area is 160 Å². The molecule has 3 aromatic rings. The van der Waals surface area contributed by atoms with Crippen molar-refractivity contribution in [2.45, 2.75) is 32.6 Å². The van der Waals surface area contributed by atoms with E-state index in [1.165, 1.54) is 17.5 Å². The fraction of sp³-hybridized carbons (Fsp3) is 0.368. The number of anilines is 1. The van der Waals surface area contributed by atoms with Crippen LogP contribution >= 0.6 is 11.3 Å². The van der Waals surface area contributed by atoms with E-state index in [0.29, 0.717) is 28.7 Å². The Balaban J connectivity index is 1.65. The maximum Gasteiger partial charge on any atom is 0.341 e. The lowest BCUT2D eigenvalue weighted by molar-refractivity contribution is 0.0527. The van der Waals surface area contributed by atoms with Gasteiger partial charge in [-0.1, -0.05) is 0 Å². The van der Waals surface area contributed by atoms with E-state index in [1.807, 2.05) is 19.4 Å². The zero-order valence-electron chi connectivity index (χ0n) is 15.4. The number of esters is 1. The van der Waals surface area contributed by atoms with E-state index < -0.39 is 0 Å². The molecular weight excluding hydrogens is 364 g/mol. The topological polar surface area (TPSA) is 86.1 Å². The summed E-state index contributed by atoms with van der Waals surface area (Å²) in [6, 6.07) is 1.78. The molecule has 0 spiro atoms. The highest BCUT2D eigenvalue weighted by atomic mass is 32.1.